The minimum Gasteiger partial charge on any atom is -0.391 e. The summed E-state index contributed by atoms with van der Waals surface area (Å²) in [5.74, 6) is -1.58. The second kappa shape index (κ2) is 13.6. The highest BCUT2D eigenvalue weighted by atomic mass is 31.1. The van der Waals surface area contributed by atoms with Gasteiger partial charge in [-0.05, 0) is 23.3 Å². The van der Waals surface area contributed by atoms with E-state index in [1.165, 1.54) is 0 Å². The number of nitrogens with two attached hydrogens (primary N) is 1. The van der Waals surface area contributed by atoms with Crippen molar-refractivity contribution < 1.29 is 28.9 Å². The number of aliphatic hydroxyl groups excluding tert-OH is 1. The molecule has 1 aliphatic carbocycles. The van der Waals surface area contributed by atoms with E-state index in [-0.39, 0.29) is 37.9 Å². The highest BCUT2D eigenvalue weighted by molar-refractivity contribution is 7.38. The Morgan fingerprint density at radius 2 is 1.73 bits per heavy atom. The number of hydrogen-bond donors (Lipinski definition) is 6. The first-order valence-electron chi connectivity index (χ1n) is 10.5. The van der Waals surface area contributed by atoms with Crippen LogP contribution in [0.4, 0.5) is 0 Å². The number of amides is 3. The molecule has 7 N–H and O–H groups in total. The summed E-state index contributed by atoms with van der Waals surface area (Å²) in [5, 5.41) is 17.8. The molecular weight excluding hydrogens is 411 g/mol. The van der Waals surface area contributed by atoms with Crippen LogP contribution in [0.2, 0.25) is 0 Å². The molecule has 30 heavy (non-hydrogen) atoms. The Balaban J connectivity index is 2.53. The molecule has 1 fully saturated rings. The molecule has 0 aromatic rings. The van der Waals surface area contributed by atoms with Gasteiger partial charge in [0.05, 0.1) is 19.2 Å². The summed E-state index contributed by atoms with van der Waals surface area (Å²) in [7, 11) is -2.41. The Hall–Kier alpha value is -1.61. The predicted octanol–water partition coefficient (Wildman–Crippen LogP) is -0.247. The van der Waals surface area contributed by atoms with Crippen LogP contribution in [-0.4, -0.2) is 65.2 Å². The van der Waals surface area contributed by atoms with Gasteiger partial charge >= 0.3 is 8.03 Å². The van der Waals surface area contributed by atoms with Gasteiger partial charge in [-0.1, -0.05) is 33.1 Å². The quantitative estimate of drug-likeness (QED) is 0.224. The Morgan fingerprint density at radius 1 is 1.10 bits per heavy atom. The maximum atomic E-state index is 12.5. The second-order valence-electron chi connectivity index (χ2n) is 8.17. The maximum Gasteiger partial charge on any atom is 0.509 e. The number of hydrogen-bond acceptors (Lipinski definition) is 6. The summed E-state index contributed by atoms with van der Waals surface area (Å²) < 4.78 is 11.8. The lowest BCUT2D eigenvalue weighted by Crippen LogP contribution is -2.53. The lowest BCUT2D eigenvalue weighted by atomic mass is 9.85. The van der Waals surface area contributed by atoms with Crippen molar-refractivity contribution in [1.29, 1.82) is 0 Å². The molecule has 1 saturated carbocycles. The highest BCUT2D eigenvalue weighted by Crippen LogP contribution is 2.40. The van der Waals surface area contributed by atoms with Crippen LogP contribution >= 0.6 is 8.03 Å². The third-order valence-corrected chi connectivity index (χ3v) is 6.60. The average molecular weight is 447 g/mol. The lowest BCUT2D eigenvalue weighted by Gasteiger charge is -2.25. The van der Waals surface area contributed by atoms with Gasteiger partial charge in [0.1, 0.15) is 6.04 Å². The van der Waals surface area contributed by atoms with E-state index in [0.29, 0.717) is 0 Å². The van der Waals surface area contributed by atoms with E-state index in [2.05, 4.69) is 16.0 Å². The molecular formula is C19H36N4O6P+. The van der Waals surface area contributed by atoms with Gasteiger partial charge in [-0.15, -0.1) is 0 Å². The van der Waals surface area contributed by atoms with Gasteiger partial charge in [0.25, 0.3) is 0 Å². The summed E-state index contributed by atoms with van der Waals surface area (Å²) in [4.78, 5) is 45.3. The normalized spacial score (nSPS) is 18.3. The van der Waals surface area contributed by atoms with Crippen LogP contribution in [0.15, 0.2) is 0 Å². The van der Waals surface area contributed by atoms with Crippen molar-refractivity contribution in [3.05, 3.63) is 0 Å². The molecule has 0 spiro atoms. The van der Waals surface area contributed by atoms with Gasteiger partial charge in [-0.2, -0.15) is 4.89 Å². The largest absolute Gasteiger partial charge is 0.509 e. The van der Waals surface area contributed by atoms with Gasteiger partial charge in [0.2, 0.25) is 17.7 Å². The van der Waals surface area contributed by atoms with E-state index < -0.39 is 43.6 Å². The molecule has 0 radical (unpaired) electrons. The molecule has 10 nitrogen and oxygen atoms in total. The predicted molar refractivity (Wildman–Crippen MR) is 113 cm³/mol. The maximum absolute atomic E-state index is 12.5. The minimum atomic E-state index is -2.41. The van der Waals surface area contributed by atoms with Crippen molar-refractivity contribution in [2.75, 3.05) is 19.6 Å². The van der Waals surface area contributed by atoms with E-state index in [1.807, 2.05) is 0 Å². The Kier molecular flexibility index (Phi) is 12.0. The van der Waals surface area contributed by atoms with Crippen LogP contribution in [0, 0.1) is 11.8 Å². The van der Waals surface area contributed by atoms with Gasteiger partial charge in [-0.25, -0.2) is 0 Å². The van der Waals surface area contributed by atoms with Crippen LogP contribution in [0.5, 0.6) is 0 Å². The number of aliphatic hydroxyl groups is 1. The van der Waals surface area contributed by atoms with Gasteiger partial charge in [0, 0.05) is 18.9 Å². The van der Waals surface area contributed by atoms with Crippen LogP contribution < -0.4 is 21.7 Å². The molecule has 4 atom stereocenters. The summed E-state index contributed by atoms with van der Waals surface area (Å²) >= 11 is 0. The highest BCUT2D eigenvalue weighted by Gasteiger charge is 2.39. The fraction of sp³-hybridized carbons (Fsp3) is 0.842. The minimum absolute atomic E-state index is 0.0752. The summed E-state index contributed by atoms with van der Waals surface area (Å²) in [6.45, 7) is 2.92. The zero-order valence-corrected chi connectivity index (χ0v) is 18.7. The molecule has 172 valence electrons. The molecule has 1 rings (SSSR count). The molecule has 3 amide bonds. The van der Waals surface area contributed by atoms with E-state index in [9.17, 15) is 28.9 Å². The fourth-order valence-corrected chi connectivity index (χ4v) is 4.77. The number of carbonyl (C=O) groups is 3. The van der Waals surface area contributed by atoms with Crippen molar-refractivity contribution in [3.8, 4) is 0 Å². The van der Waals surface area contributed by atoms with Gasteiger partial charge in [0.15, 0.2) is 5.66 Å². The smallest absolute Gasteiger partial charge is 0.391 e. The fourth-order valence-electron chi connectivity index (χ4n) is 3.68. The molecule has 0 aromatic heterocycles. The van der Waals surface area contributed by atoms with E-state index >= 15 is 0 Å². The first-order valence-corrected chi connectivity index (χ1v) is 11.8. The number of nitrogens with one attached hydrogen (secondary N) is 3. The Morgan fingerprint density at radius 3 is 2.27 bits per heavy atom. The van der Waals surface area contributed by atoms with Crippen molar-refractivity contribution in [3.63, 3.8) is 0 Å². The Bertz CT molecular complexity index is 598. The Labute approximate surface area is 178 Å². The van der Waals surface area contributed by atoms with Crippen molar-refractivity contribution >= 4 is 25.7 Å². The molecule has 11 heteroatoms. The first kappa shape index (κ1) is 26.4. The molecule has 2 unspecified atom stereocenters. The summed E-state index contributed by atoms with van der Waals surface area (Å²) in [6, 6.07) is -0.844. The van der Waals surface area contributed by atoms with Crippen LogP contribution in [0.1, 0.15) is 52.4 Å². The van der Waals surface area contributed by atoms with Gasteiger partial charge < -0.3 is 26.8 Å². The van der Waals surface area contributed by atoms with E-state index in [1.54, 1.807) is 13.8 Å². The van der Waals surface area contributed by atoms with E-state index in [4.69, 9.17) is 5.73 Å². The SMILES string of the molecule is CC(C)[C@H](NC(=O)CNC(=O)CN)C(=O)NC[C@H](O)CC(C1CCCCC1)[P+](=O)O. The molecule has 0 heterocycles. The van der Waals surface area contributed by atoms with Crippen molar-refractivity contribution in [2.45, 2.75) is 70.2 Å². The monoisotopic (exact) mass is 447 g/mol. The number of carbonyl (C=O) groups excluding carboxylic acids is 3. The molecule has 1 aliphatic rings. The first-order chi connectivity index (χ1) is 14.1. The lowest BCUT2D eigenvalue weighted by molar-refractivity contribution is -0.130. The average Bonchev–Trinajstić information content (AvgIpc) is 2.72. The molecule has 0 aliphatic heterocycles. The molecule has 0 saturated heterocycles. The second-order valence-corrected chi connectivity index (χ2v) is 9.44. The zero-order chi connectivity index (χ0) is 22.7. The summed E-state index contributed by atoms with van der Waals surface area (Å²) in [6.07, 6.45) is 4.13. The third kappa shape index (κ3) is 9.47. The number of rotatable bonds is 12. The van der Waals surface area contributed by atoms with Crippen molar-refractivity contribution in [1.82, 2.24) is 16.0 Å². The van der Waals surface area contributed by atoms with Crippen molar-refractivity contribution in [2.24, 2.45) is 17.6 Å². The topological polar surface area (TPSA) is 171 Å². The van der Waals surface area contributed by atoms with Crippen LogP contribution in [0.3, 0.4) is 0 Å². The molecule has 0 bridgehead atoms. The zero-order valence-electron chi connectivity index (χ0n) is 17.8. The summed E-state index contributed by atoms with van der Waals surface area (Å²) in [5.41, 5.74) is 4.67. The third-order valence-electron chi connectivity index (χ3n) is 5.40. The van der Waals surface area contributed by atoms with Crippen LogP contribution in [0.25, 0.3) is 0 Å². The van der Waals surface area contributed by atoms with Crippen LogP contribution in [-0.2, 0) is 18.9 Å². The standard InChI is InChI=1S/C19H35N4O6P/c1-12(2)18(23-17(26)11-21-16(25)9-20)19(27)22-10-14(24)8-15(30(28)29)13-6-4-3-5-7-13/h12-15,18,24H,3-11,20H2,1-2H3,(H3-,21,22,23,25,26,27,28,29)/p+1/t14-,15?,18+/m1/s1. The van der Waals surface area contributed by atoms with E-state index in [0.717, 1.165) is 32.1 Å². The molecule has 0 aromatic carbocycles. The van der Waals surface area contributed by atoms with Gasteiger partial charge in [-0.3, -0.25) is 14.4 Å².